The van der Waals surface area contributed by atoms with Crippen molar-refractivity contribution in [1.82, 2.24) is 9.78 Å². The van der Waals surface area contributed by atoms with Gasteiger partial charge in [0.05, 0.1) is 18.1 Å². The Hall–Kier alpha value is -2.35. The van der Waals surface area contributed by atoms with E-state index >= 15 is 0 Å². The number of nitrogens with zero attached hydrogens (tertiary/aromatic N) is 3. The number of carbonyl (C=O) groups excluding carboxylic acids is 1. The Morgan fingerprint density at radius 2 is 2.00 bits per heavy atom. The minimum atomic E-state index is -3.26. The lowest BCUT2D eigenvalue weighted by atomic mass is 10.1. The van der Waals surface area contributed by atoms with Gasteiger partial charge >= 0.3 is 5.97 Å². The molecule has 2 atom stereocenters. The van der Waals surface area contributed by atoms with Crippen molar-refractivity contribution in [2.75, 3.05) is 24.8 Å². The fourth-order valence-corrected chi connectivity index (χ4v) is 4.49. The van der Waals surface area contributed by atoms with Crippen molar-refractivity contribution in [3.63, 3.8) is 0 Å². The Morgan fingerprint density at radius 3 is 2.63 bits per heavy atom. The standard InChI is InChI=1S/C19H25N3O4S/c1-14-11-18(22(20-14)10-9-15-7-5-4-6-8-15)21-13-16(27(3,24)25)12-17(21)19(23)26-2/h4-8,11,16-17H,9-10,12-13H2,1-3H3/t16-,17?/m1/s1. The zero-order valence-corrected chi connectivity index (χ0v) is 16.6. The molecule has 7 nitrogen and oxygen atoms in total. The Kier molecular flexibility index (Phi) is 5.55. The molecule has 8 heteroatoms. The van der Waals surface area contributed by atoms with Gasteiger partial charge in [-0.15, -0.1) is 0 Å². The SMILES string of the molecule is COC(=O)C1C[C@@H](S(C)(=O)=O)CN1c1cc(C)nn1CCc1ccccc1. The fraction of sp³-hybridized carbons (Fsp3) is 0.474. The summed E-state index contributed by atoms with van der Waals surface area (Å²) in [5.41, 5.74) is 2.01. The number of rotatable bonds is 6. The first-order valence-corrected chi connectivity index (χ1v) is 10.9. The van der Waals surface area contributed by atoms with Gasteiger partial charge in [0, 0.05) is 25.4 Å². The molecule has 0 N–H and O–H groups in total. The molecule has 1 saturated heterocycles. The van der Waals surface area contributed by atoms with Crippen molar-refractivity contribution < 1.29 is 17.9 Å². The van der Waals surface area contributed by atoms with E-state index in [0.29, 0.717) is 6.54 Å². The number of carbonyl (C=O) groups is 1. The molecule has 1 aromatic carbocycles. The van der Waals surface area contributed by atoms with Crippen LogP contribution in [-0.2, 0) is 32.3 Å². The van der Waals surface area contributed by atoms with Crippen molar-refractivity contribution in [3.8, 4) is 0 Å². The molecule has 0 spiro atoms. The van der Waals surface area contributed by atoms with Gasteiger partial charge in [-0.3, -0.25) is 0 Å². The molecule has 2 aromatic rings. The molecule has 3 rings (SSSR count). The van der Waals surface area contributed by atoms with E-state index < -0.39 is 27.1 Å². The van der Waals surface area contributed by atoms with Gasteiger partial charge < -0.3 is 9.64 Å². The summed E-state index contributed by atoms with van der Waals surface area (Å²) in [6.07, 6.45) is 2.24. The summed E-state index contributed by atoms with van der Waals surface area (Å²) in [4.78, 5) is 14.1. The van der Waals surface area contributed by atoms with Crippen LogP contribution in [0, 0.1) is 6.92 Å². The number of benzene rings is 1. The summed E-state index contributed by atoms with van der Waals surface area (Å²) in [6, 6.07) is 11.4. The predicted molar refractivity (Wildman–Crippen MR) is 104 cm³/mol. The van der Waals surface area contributed by atoms with E-state index in [1.807, 2.05) is 40.8 Å². The van der Waals surface area contributed by atoms with Gasteiger partial charge in [-0.2, -0.15) is 5.10 Å². The van der Waals surface area contributed by atoms with Crippen LogP contribution < -0.4 is 4.90 Å². The molecule has 1 unspecified atom stereocenters. The average Bonchev–Trinajstić information content (AvgIpc) is 3.23. The average molecular weight is 391 g/mol. The van der Waals surface area contributed by atoms with E-state index in [1.165, 1.54) is 18.9 Å². The molecule has 2 heterocycles. The Balaban J connectivity index is 1.88. The third-order valence-corrected chi connectivity index (χ3v) is 6.52. The van der Waals surface area contributed by atoms with Crippen molar-refractivity contribution in [1.29, 1.82) is 0 Å². The number of sulfone groups is 1. The molecule has 0 aliphatic carbocycles. The lowest BCUT2D eigenvalue weighted by molar-refractivity contribution is -0.141. The molecule has 1 aromatic heterocycles. The first-order chi connectivity index (χ1) is 12.8. The Morgan fingerprint density at radius 1 is 1.30 bits per heavy atom. The maximum absolute atomic E-state index is 12.3. The molecule has 0 radical (unpaired) electrons. The minimum Gasteiger partial charge on any atom is -0.467 e. The van der Waals surface area contributed by atoms with Gasteiger partial charge in [-0.1, -0.05) is 30.3 Å². The highest BCUT2D eigenvalue weighted by Gasteiger charge is 2.43. The number of esters is 1. The van der Waals surface area contributed by atoms with Crippen LogP contribution in [0.3, 0.4) is 0 Å². The maximum Gasteiger partial charge on any atom is 0.328 e. The van der Waals surface area contributed by atoms with Crippen LogP contribution in [0.5, 0.6) is 0 Å². The maximum atomic E-state index is 12.3. The zero-order chi connectivity index (χ0) is 19.6. The van der Waals surface area contributed by atoms with Gasteiger partial charge in [0.1, 0.15) is 11.9 Å². The summed E-state index contributed by atoms with van der Waals surface area (Å²) >= 11 is 0. The lowest BCUT2D eigenvalue weighted by Gasteiger charge is -2.25. The highest BCUT2D eigenvalue weighted by Crippen LogP contribution is 2.30. The molecular weight excluding hydrogens is 366 g/mol. The van der Waals surface area contributed by atoms with Crippen molar-refractivity contribution in [2.45, 2.75) is 37.6 Å². The summed E-state index contributed by atoms with van der Waals surface area (Å²) < 4.78 is 30.9. The topological polar surface area (TPSA) is 81.5 Å². The normalized spacial score (nSPS) is 20.0. The second-order valence-corrected chi connectivity index (χ2v) is 9.31. The molecule has 1 aliphatic heterocycles. The van der Waals surface area contributed by atoms with E-state index in [4.69, 9.17) is 4.74 Å². The van der Waals surface area contributed by atoms with E-state index in [-0.39, 0.29) is 13.0 Å². The van der Waals surface area contributed by atoms with Crippen molar-refractivity contribution in [3.05, 3.63) is 47.7 Å². The third kappa shape index (κ3) is 4.32. The highest BCUT2D eigenvalue weighted by atomic mass is 32.2. The van der Waals surface area contributed by atoms with E-state index in [1.54, 1.807) is 0 Å². The Labute approximate surface area is 159 Å². The molecule has 1 fully saturated rings. The van der Waals surface area contributed by atoms with Gasteiger partial charge in [0.25, 0.3) is 0 Å². The lowest BCUT2D eigenvalue weighted by Crippen LogP contribution is -2.38. The number of anilines is 1. The van der Waals surface area contributed by atoms with Crippen LogP contribution in [0.15, 0.2) is 36.4 Å². The summed E-state index contributed by atoms with van der Waals surface area (Å²) in [7, 11) is -1.93. The van der Waals surface area contributed by atoms with Gasteiger partial charge in [-0.05, 0) is 25.3 Å². The zero-order valence-electron chi connectivity index (χ0n) is 15.8. The van der Waals surface area contributed by atoms with Crippen molar-refractivity contribution in [2.24, 2.45) is 0 Å². The number of aromatic nitrogens is 2. The van der Waals surface area contributed by atoms with Gasteiger partial charge in [-0.25, -0.2) is 17.9 Å². The van der Waals surface area contributed by atoms with E-state index in [0.717, 1.165) is 17.9 Å². The highest BCUT2D eigenvalue weighted by molar-refractivity contribution is 7.91. The number of hydrogen-bond acceptors (Lipinski definition) is 6. The molecule has 0 saturated carbocycles. The Bertz CT molecular complexity index is 908. The molecule has 27 heavy (non-hydrogen) atoms. The van der Waals surface area contributed by atoms with Crippen LogP contribution in [-0.4, -0.2) is 55.4 Å². The number of methoxy groups -OCH3 is 1. The summed E-state index contributed by atoms with van der Waals surface area (Å²) in [5, 5.41) is 3.95. The van der Waals surface area contributed by atoms with E-state index in [2.05, 4.69) is 17.2 Å². The minimum absolute atomic E-state index is 0.231. The second-order valence-electron chi connectivity index (χ2n) is 6.98. The van der Waals surface area contributed by atoms with Crippen molar-refractivity contribution >= 4 is 21.6 Å². The van der Waals surface area contributed by atoms with Crippen LogP contribution in [0.4, 0.5) is 5.82 Å². The number of aryl methyl sites for hydroxylation is 3. The van der Waals surface area contributed by atoms with E-state index in [9.17, 15) is 13.2 Å². The summed E-state index contributed by atoms with van der Waals surface area (Å²) in [6.45, 7) is 2.79. The quantitative estimate of drug-likeness (QED) is 0.696. The monoisotopic (exact) mass is 391 g/mol. The van der Waals surface area contributed by atoms with Crippen LogP contribution in [0.25, 0.3) is 0 Å². The smallest absolute Gasteiger partial charge is 0.328 e. The number of hydrogen-bond donors (Lipinski definition) is 0. The fourth-order valence-electron chi connectivity index (χ4n) is 3.53. The van der Waals surface area contributed by atoms with Gasteiger partial charge in [0.2, 0.25) is 0 Å². The first-order valence-electron chi connectivity index (χ1n) is 8.91. The molecule has 0 amide bonds. The molecule has 1 aliphatic rings. The van der Waals surface area contributed by atoms with Crippen LogP contribution in [0.2, 0.25) is 0 Å². The van der Waals surface area contributed by atoms with Crippen LogP contribution in [0.1, 0.15) is 17.7 Å². The number of ether oxygens (including phenoxy) is 1. The molecule has 146 valence electrons. The predicted octanol–water partition coefficient (Wildman–Crippen LogP) is 1.60. The molecular formula is C19H25N3O4S. The second kappa shape index (κ2) is 7.72. The largest absolute Gasteiger partial charge is 0.467 e. The molecule has 0 bridgehead atoms. The van der Waals surface area contributed by atoms with Crippen LogP contribution >= 0.6 is 0 Å². The third-order valence-electron chi connectivity index (χ3n) is 4.97. The first kappa shape index (κ1) is 19.4. The van der Waals surface area contributed by atoms with Gasteiger partial charge in [0.15, 0.2) is 9.84 Å². The summed E-state index contributed by atoms with van der Waals surface area (Å²) in [5.74, 6) is 0.333.